The Balaban J connectivity index is 1.98. The van der Waals surface area contributed by atoms with Gasteiger partial charge in [-0.3, -0.25) is 0 Å². The Morgan fingerprint density at radius 1 is 1.50 bits per heavy atom. The van der Waals surface area contributed by atoms with Gasteiger partial charge in [0.25, 0.3) is 0 Å². The van der Waals surface area contributed by atoms with Gasteiger partial charge in [0, 0.05) is 24.7 Å². The molecule has 0 spiro atoms. The second-order valence-electron chi connectivity index (χ2n) is 4.97. The highest BCUT2D eigenvalue weighted by molar-refractivity contribution is 5.66. The maximum atomic E-state index is 11.3. The van der Waals surface area contributed by atoms with E-state index in [4.69, 9.17) is 5.73 Å². The predicted octanol–water partition coefficient (Wildman–Crippen LogP) is 1.23. The molecule has 96 valence electrons. The summed E-state index contributed by atoms with van der Waals surface area (Å²) in [5.41, 5.74) is 7.73. The van der Waals surface area contributed by atoms with E-state index in [0.717, 1.165) is 36.9 Å². The third-order valence-electron chi connectivity index (χ3n) is 4.00. The minimum absolute atomic E-state index is 0.0537. The zero-order chi connectivity index (χ0) is 12.7. The van der Waals surface area contributed by atoms with Gasteiger partial charge in [0.15, 0.2) is 0 Å². The molecule has 1 aliphatic heterocycles. The molecule has 0 aromatic carbocycles. The highest BCUT2D eigenvalue weighted by Crippen LogP contribution is 2.39. The molecule has 2 heterocycles. The van der Waals surface area contributed by atoms with Crippen molar-refractivity contribution < 1.29 is 9.90 Å². The van der Waals surface area contributed by atoms with Crippen molar-refractivity contribution in [3.8, 4) is 0 Å². The topological polar surface area (TPSA) is 92.3 Å². The van der Waals surface area contributed by atoms with E-state index in [-0.39, 0.29) is 17.9 Å². The van der Waals surface area contributed by atoms with Gasteiger partial charge in [-0.05, 0) is 31.2 Å². The number of rotatable bonds is 0. The molecule has 0 bridgehead atoms. The van der Waals surface area contributed by atoms with Crippen LogP contribution in [-0.2, 0) is 6.42 Å². The summed E-state index contributed by atoms with van der Waals surface area (Å²) in [6.07, 6.45) is 4.52. The van der Waals surface area contributed by atoms with Crippen LogP contribution in [-0.4, -0.2) is 38.7 Å². The maximum Gasteiger partial charge on any atom is 0.407 e. The second kappa shape index (κ2) is 4.12. The Morgan fingerprint density at radius 2 is 2.33 bits per heavy atom. The first-order chi connectivity index (χ1) is 8.66. The summed E-state index contributed by atoms with van der Waals surface area (Å²) in [6, 6.07) is 0.0537. The molecular formula is C12H16N4O2. The lowest BCUT2D eigenvalue weighted by Gasteiger charge is -2.42. The highest BCUT2D eigenvalue weighted by atomic mass is 16.4. The standard InChI is InChI=1S/C12H16N4O2/c13-11-14-6-7-3-4-9-8(10(7)15-11)2-1-5-16(9)12(17)18/h6,8-9H,1-5H2,(H,17,18)(H2,13,14,15)/t8-,9+/m0/s1. The molecule has 18 heavy (non-hydrogen) atoms. The summed E-state index contributed by atoms with van der Waals surface area (Å²) in [5, 5.41) is 9.25. The van der Waals surface area contributed by atoms with Crippen LogP contribution in [0.15, 0.2) is 6.20 Å². The molecule has 0 radical (unpaired) electrons. The van der Waals surface area contributed by atoms with Crippen molar-refractivity contribution in [1.29, 1.82) is 0 Å². The first-order valence-electron chi connectivity index (χ1n) is 6.27. The smallest absolute Gasteiger partial charge is 0.407 e. The average Bonchev–Trinajstić information content (AvgIpc) is 2.37. The molecule has 3 rings (SSSR count). The number of anilines is 1. The number of piperidine rings is 1. The molecule has 6 heteroatoms. The van der Waals surface area contributed by atoms with Crippen LogP contribution >= 0.6 is 0 Å². The summed E-state index contributed by atoms with van der Waals surface area (Å²) in [7, 11) is 0. The van der Waals surface area contributed by atoms with Gasteiger partial charge in [-0.15, -0.1) is 0 Å². The van der Waals surface area contributed by atoms with E-state index >= 15 is 0 Å². The van der Waals surface area contributed by atoms with E-state index in [1.165, 1.54) is 0 Å². The molecule has 1 aromatic heterocycles. The Labute approximate surface area is 105 Å². The van der Waals surface area contributed by atoms with Crippen molar-refractivity contribution in [3.05, 3.63) is 17.5 Å². The van der Waals surface area contributed by atoms with Crippen LogP contribution in [0.4, 0.5) is 10.7 Å². The summed E-state index contributed by atoms with van der Waals surface area (Å²) < 4.78 is 0. The van der Waals surface area contributed by atoms with Crippen LogP contribution in [0.2, 0.25) is 0 Å². The maximum absolute atomic E-state index is 11.3. The number of nitrogens with zero attached hydrogens (tertiary/aromatic N) is 3. The number of carboxylic acid groups (broad SMARTS) is 1. The third kappa shape index (κ3) is 1.68. The lowest BCUT2D eigenvalue weighted by atomic mass is 9.77. The monoisotopic (exact) mass is 248 g/mol. The van der Waals surface area contributed by atoms with Gasteiger partial charge >= 0.3 is 6.09 Å². The minimum Gasteiger partial charge on any atom is -0.465 e. The third-order valence-corrected chi connectivity index (χ3v) is 4.00. The van der Waals surface area contributed by atoms with Crippen molar-refractivity contribution in [3.63, 3.8) is 0 Å². The Bertz CT molecular complexity index is 491. The number of aromatic nitrogens is 2. The number of hydrogen-bond donors (Lipinski definition) is 2. The number of nitrogens with two attached hydrogens (primary N) is 1. The van der Waals surface area contributed by atoms with Crippen molar-refractivity contribution in [2.75, 3.05) is 12.3 Å². The highest BCUT2D eigenvalue weighted by Gasteiger charge is 2.39. The van der Waals surface area contributed by atoms with Gasteiger partial charge in [-0.1, -0.05) is 0 Å². The van der Waals surface area contributed by atoms with Crippen molar-refractivity contribution >= 4 is 12.0 Å². The summed E-state index contributed by atoms with van der Waals surface area (Å²) in [6.45, 7) is 0.631. The van der Waals surface area contributed by atoms with Gasteiger partial charge < -0.3 is 15.7 Å². The van der Waals surface area contributed by atoms with Crippen molar-refractivity contribution in [2.45, 2.75) is 37.6 Å². The summed E-state index contributed by atoms with van der Waals surface area (Å²) in [4.78, 5) is 21.2. The number of hydrogen-bond acceptors (Lipinski definition) is 4. The predicted molar refractivity (Wildman–Crippen MR) is 65.3 cm³/mol. The van der Waals surface area contributed by atoms with Crippen molar-refractivity contribution in [2.24, 2.45) is 0 Å². The molecule has 0 saturated carbocycles. The average molecular weight is 248 g/mol. The molecule has 3 N–H and O–H groups in total. The van der Waals surface area contributed by atoms with Gasteiger partial charge in [0.1, 0.15) is 0 Å². The quantitative estimate of drug-likeness (QED) is 0.720. The van der Waals surface area contributed by atoms with Crippen LogP contribution in [0.3, 0.4) is 0 Å². The van der Waals surface area contributed by atoms with E-state index in [2.05, 4.69) is 9.97 Å². The van der Waals surface area contributed by atoms with Gasteiger partial charge in [-0.25, -0.2) is 14.8 Å². The molecule has 1 saturated heterocycles. The number of fused-ring (bicyclic) bond motifs is 3. The lowest BCUT2D eigenvalue weighted by molar-refractivity contribution is 0.0888. The molecule has 1 fully saturated rings. The summed E-state index contributed by atoms with van der Waals surface area (Å²) in [5.74, 6) is 0.464. The van der Waals surface area contributed by atoms with Crippen LogP contribution in [0, 0.1) is 0 Å². The summed E-state index contributed by atoms with van der Waals surface area (Å²) >= 11 is 0. The fraction of sp³-hybridized carbons (Fsp3) is 0.583. The largest absolute Gasteiger partial charge is 0.465 e. The van der Waals surface area contributed by atoms with Crippen LogP contribution in [0.1, 0.15) is 36.4 Å². The molecule has 1 amide bonds. The fourth-order valence-electron chi connectivity index (χ4n) is 3.22. The van der Waals surface area contributed by atoms with Crippen LogP contribution < -0.4 is 5.73 Å². The number of carbonyl (C=O) groups is 1. The Morgan fingerprint density at radius 3 is 3.11 bits per heavy atom. The molecule has 2 aliphatic rings. The van der Waals surface area contributed by atoms with E-state index in [0.29, 0.717) is 6.54 Å². The second-order valence-corrected chi connectivity index (χ2v) is 4.97. The number of nitrogen functional groups attached to an aromatic ring is 1. The van der Waals surface area contributed by atoms with Gasteiger partial charge in [0.2, 0.25) is 5.95 Å². The zero-order valence-corrected chi connectivity index (χ0v) is 10.0. The number of amides is 1. The Hall–Kier alpha value is -1.85. The molecular weight excluding hydrogens is 232 g/mol. The minimum atomic E-state index is -0.824. The van der Waals surface area contributed by atoms with Crippen LogP contribution in [0.5, 0.6) is 0 Å². The zero-order valence-electron chi connectivity index (χ0n) is 10.0. The van der Waals surface area contributed by atoms with E-state index in [1.807, 2.05) is 0 Å². The normalized spacial score (nSPS) is 26.3. The van der Waals surface area contributed by atoms with E-state index < -0.39 is 6.09 Å². The molecule has 1 aliphatic carbocycles. The van der Waals surface area contributed by atoms with Gasteiger partial charge in [-0.2, -0.15) is 0 Å². The molecule has 1 aromatic rings. The molecule has 6 nitrogen and oxygen atoms in total. The SMILES string of the molecule is Nc1ncc2c(n1)[C@H]1CCCN(C(=O)O)[C@@H]1CC2. The van der Waals surface area contributed by atoms with Gasteiger partial charge in [0.05, 0.1) is 5.69 Å². The Kier molecular flexibility index (Phi) is 2.57. The van der Waals surface area contributed by atoms with E-state index in [9.17, 15) is 9.90 Å². The first kappa shape index (κ1) is 11.3. The number of likely N-dealkylation sites (tertiary alicyclic amines) is 1. The van der Waals surface area contributed by atoms with Crippen LogP contribution in [0.25, 0.3) is 0 Å². The van der Waals surface area contributed by atoms with E-state index in [1.54, 1.807) is 11.1 Å². The van der Waals surface area contributed by atoms with Crippen molar-refractivity contribution in [1.82, 2.24) is 14.9 Å². The molecule has 2 atom stereocenters. The lowest BCUT2D eigenvalue weighted by Crippen LogP contribution is -2.49. The first-order valence-corrected chi connectivity index (χ1v) is 6.27. The number of aryl methyl sites for hydroxylation is 1. The fourth-order valence-corrected chi connectivity index (χ4v) is 3.22. The molecule has 0 unspecified atom stereocenters.